The molecule has 0 bridgehead atoms. The molecule has 3 heteroatoms. The Balaban J connectivity index is 0.000000234. The van der Waals surface area contributed by atoms with Gasteiger partial charge in [-0.05, 0) is 146 Å². The summed E-state index contributed by atoms with van der Waals surface area (Å²) in [6, 6.07) is 73.8. The van der Waals surface area contributed by atoms with Crippen molar-refractivity contribution >= 4 is 60.9 Å². The highest BCUT2D eigenvalue weighted by Gasteiger charge is 2.36. The Morgan fingerprint density at radius 2 is 0.944 bits per heavy atom. The molecule has 9 rings (SSSR count). The molecular weight excluding hydrogens is 910 g/mol. The lowest BCUT2D eigenvalue weighted by Crippen LogP contribution is -2.27. The van der Waals surface area contributed by atoms with E-state index >= 15 is 0 Å². The van der Waals surface area contributed by atoms with Gasteiger partial charge in [0.2, 0.25) is 0 Å². The smallest absolute Gasteiger partial charge is 0.00980 e. The second-order valence-electron chi connectivity index (χ2n) is 19.1. The van der Waals surface area contributed by atoms with Gasteiger partial charge in [-0.15, -0.1) is 6.58 Å². The van der Waals surface area contributed by atoms with Crippen molar-refractivity contribution in [2.45, 2.75) is 117 Å². The molecule has 2 aliphatic rings. The monoisotopic (exact) mass is 991 g/mol. The van der Waals surface area contributed by atoms with Crippen molar-refractivity contribution in [1.29, 1.82) is 0 Å². The SMILES string of the molecule is C1CCCC1.C=C(CCc1ccc(CCC)c(P(c2ccccc2)c2ccccc2)c1)/C(=C\C)P(c1ccccc1)c1ccccc1.C=CC.CC(C)C1CCCC1P(c1ccccc1)c1ccccc1. The van der Waals surface area contributed by atoms with E-state index in [1.165, 1.54) is 99.9 Å². The van der Waals surface area contributed by atoms with Crippen molar-refractivity contribution in [1.82, 2.24) is 0 Å². The minimum atomic E-state index is -0.657. The molecule has 0 nitrogen and oxygen atoms in total. The van der Waals surface area contributed by atoms with Crippen LogP contribution in [-0.4, -0.2) is 5.66 Å². The molecule has 2 saturated carbocycles. The fourth-order valence-corrected chi connectivity index (χ4v) is 18.6. The summed E-state index contributed by atoms with van der Waals surface area (Å²) in [5, 5.41) is 11.5. The Kier molecular flexibility index (Phi) is 24.0. The molecule has 0 N–H and O–H groups in total. The fraction of sp³-hybridized carbons (Fsp3) is 0.294. The highest BCUT2D eigenvalue weighted by atomic mass is 31.1. The van der Waals surface area contributed by atoms with Crippen LogP contribution in [0.4, 0.5) is 0 Å². The van der Waals surface area contributed by atoms with Crippen LogP contribution in [0, 0.1) is 11.8 Å². The number of hydrogen-bond donors (Lipinski definition) is 0. The summed E-state index contributed by atoms with van der Waals surface area (Å²) in [6.45, 7) is 19.2. The molecule has 2 atom stereocenters. The van der Waals surface area contributed by atoms with E-state index in [4.69, 9.17) is 0 Å². The Labute approximate surface area is 435 Å². The molecule has 0 aliphatic heterocycles. The third kappa shape index (κ3) is 16.5. The minimum Gasteiger partial charge on any atom is -0.103 e. The zero-order valence-electron chi connectivity index (χ0n) is 43.7. The van der Waals surface area contributed by atoms with Crippen molar-refractivity contribution in [3.05, 3.63) is 248 Å². The van der Waals surface area contributed by atoms with Gasteiger partial charge in [0.25, 0.3) is 0 Å². The van der Waals surface area contributed by atoms with Gasteiger partial charge in [-0.2, -0.15) is 0 Å². The lowest BCUT2D eigenvalue weighted by Gasteiger charge is -2.32. The molecular formula is C68H81P3. The largest absolute Gasteiger partial charge is 0.103 e. The first-order valence-electron chi connectivity index (χ1n) is 26.6. The maximum absolute atomic E-state index is 4.66. The van der Waals surface area contributed by atoms with Gasteiger partial charge in [0.1, 0.15) is 0 Å². The van der Waals surface area contributed by atoms with E-state index in [1.807, 2.05) is 6.92 Å². The molecule has 0 saturated heterocycles. The van der Waals surface area contributed by atoms with Crippen LogP contribution in [0.1, 0.15) is 110 Å². The molecule has 7 aromatic rings. The average Bonchev–Trinajstić information content (AvgIpc) is 4.18. The summed E-state index contributed by atoms with van der Waals surface area (Å²) < 4.78 is 0. The first-order chi connectivity index (χ1) is 34.9. The highest BCUT2D eigenvalue weighted by molar-refractivity contribution is 7.80. The van der Waals surface area contributed by atoms with Crippen molar-refractivity contribution in [3.8, 4) is 0 Å². The Hall–Kier alpha value is -4.95. The van der Waals surface area contributed by atoms with Gasteiger partial charge in [0, 0.05) is 0 Å². The van der Waals surface area contributed by atoms with Crippen LogP contribution < -0.4 is 37.1 Å². The topological polar surface area (TPSA) is 0 Å². The predicted molar refractivity (Wildman–Crippen MR) is 323 cm³/mol. The van der Waals surface area contributed by atoms with Gasteiger partial charge >= 0.3 is 0 Å². The fourth-order valence-electron chi connectivity index (χ4n) is 10.2. The second kappa shape index (κ2) is 30.8. The molecule has 0 heterocycles. The van der Waals surface area contributed by atoms with Gasteiger partial charge in [-0.1, -0.05) is 285 Å². The second-order valence-corrected chi connectivity index (χ2v) is 25.9. The van der Waals surface area contributed by atoms with Crippen molar-refractivity contribution in [3.63, 3.8) is 0 Å². The number of benzene rings is 7. The average molecular weight is 991 g/mol. The van der Waals surface area contributed by atoms with Crippen LogP contribution in [0.15, 0.2) is 236 Å². The summed E-state index contributed by atoms with van der Waals surface area (Å²) in [5.74, 6) is 1.69. The molecule has 7 aromatic carbocycles. The predicted octanol–water partition coefficient (Wildman–Crippen LogP) is 17.0. The molecule has 2 unspecified atom stereocenters. The van der Waals surface area contributed by atoms with E-state index in [0.29, 0.717) is 0 Å². The van der Waals surface area contributed by atoms with Gasteiger partial charge in [0.05, 0.1) is 0 Å². The normalized spacial score (nSPS) is 15.3. The van der Waals surface area contributed by atoms with Gasteiger partial charge in [-0.3, -0.25) is 0 Å². The quantitative estimate of drug-likeness (QED) is 0.0514. The Bertz CT molecular complexity index is 2460. The maximum Gasteiger partial charge on any atom is -0.00980 e. The minimum absolute atomic E-state index is 0.224. The van der Waals surface area contributed by atoms with E-state index in [9.17, 15) is 0 Å². The summed E-state index contributed by atoms with van der Waals surface area (Å²) >= 11 is 0. The van der Waals surface area contributed by atoms with Gasteiger partial charge in [0.15, 0.2) is 0 Å². The lowest BCUT2D eigenvalue weighted by molar-refractivity contribution is 0.402. The number of aryl methyl sites for hydroxylation is 2. The first kappa shape index (κ1) is 55.4. The van der Waals surface area contributed by atoms with Crippen LogP contribution in [-0.2, 0) is 12.8 Å². The lowest BCUT2D eigenvalue weighted by atomic mass is 9.94. The number of hydrogen-bond acceptors (Lipinski definition) is 0. The van der Waals surface area contributed by atoms with Crippen LogP contribution in [0.2, 0.25) is 0 Å². The van der Waals surface area contributed by atoms with Crippen molar-refractivity contribution in [2.24, 2.45) is 11.8 Å². The molecule has 0 aromatic heterocycles. The zero-order chi connectivity index (χ0) is 50.0. The van der Waals surface area contributed by atoms with E-state index in [1.54, 1.807) is 16.7 Å². The molecule has 0 spiro atoms. The van der Waals surface area contributed by atoms with Crippen LogP contribution in [0.3, 0.4) is 0 Å². The highest BCUT2D eigenvalue weighted by Crippen LogP contribution is 2.52. The summed E-state index contributed by atoms with van der Waals surface area (Å²) in [7, 11) is -1.52. The van der Waals surface area contributed by atoms with Crippen molar-refractivity contribution in [2.75, 3.05) is 0 Å². The van der Waals surface area contributed by atoms with E-state index in [0.717, 1.165) is 43.2 Å². The summed E-state index contributed by atoms with van der Waals surface area (Å²) in [5.41, 5.74) is 4.96. The van der Waals surface area contributed by atoms with Gasteiger partial charge in [-0.25, -0.2) is 0 Å². The molecule has 2 aliphatic carbocycles. The van der Waals surface area contributed by atoms with Gasteiger partial charge < -0.3 is 0 Å². The first-order valence-corrected chi connectivity index (χ1v) is 30.7. The van der Waals surface area contributed by atoms with Crippen LogP contribution in [0.5, 0.6) is 0 Å². The molecule has 0 radical (unpaired) electrons. The molecule has 2 fully saturated rings. The van der Waals surface area contributed by atoms with Crippen LogP contribution >= 0.6 is 23.8 Å². The molecule has 71 heavy (non-hydrogen) atoms. The Morgan fingerprint density at radius 1 is 0.535 bits per heavy atom. The van der Waals surface area contributed by atoms with E-state index < -0.39 is 15.8 Å². The number of rotatable bonds is 16. The van der Waals surface area contributed by atoms with E-state index in [2.05, 4.69) is 247 Å². The van der Waals surface area contributed by atoms with Crippen LogP contribution in [0.25, 0.3) is 0 Å². The summed E-state index contributed by atoms with van der Waals surface area (Å²) in [6.07, 6.45) is 19.9. The standard InChI is InChI=1S/C40H40P2.C20H25P.C5H10.C3H6/c1-4-18-34-30-29-33(31-40(34)42(37-23-14-8-15-24-37)38-25-16-9-17-26-38)28-27-32(3)39(5-2)41(35-19-10-6-11-20-35)36-21-12-7-13-22-36;1-16(2)19-14-9-15-20(19)21(17-10-5-3-6-11-17)18-12-7-4-8-13-18;1-2-4-5-3-1;1-3-2/h5-17,19-26,29-31H,3-4,18,27-28H2,1-2H3;3-8,10-13,16,19-20H,9,14-15H2,1-2H3;1-5H2;3H,1H2,2H3/b39-5+;;;. The molecule has 0 amide bonds. The third-order valence-corrected chi connectivity index (χ3v) is 21.8. The summed E-state index contributed by atoms with van der Waals surface area (Å²) in [4.78, 5) is 0. The Morgan fingerprint density at radius 3 is 1.34 bits per heavy atom. The van der Waals surface area contributed by atoms with Crippen molar-refractivity contribution < 1.29 is 0 Å². The molecule has 368 valence electrons. The zero-order valence-corrected chi connectivity index (χ0v) is 46.4. The van der Waals surface area contributed by atoms with E-state index in [-0.39, 0.29) is 7.92 Å². The maximum atomic E-state index is 4.66. The third-order valence-electron chi connectivity index (χ3n) is 13.6. The number of allylic oxidation sites excluding steroid dienone is 4.